The summed E-state index contributed by atoms with van der Waals surface area (Å²) >= 11 is 0. The largest absolute Gasteiger partial charge is 0.478 e. The Balaban J connectivity index is 0.000000550. The summed E-state index contributed by atoms with van der Waals surface area (Å²) in [6.45, 7) is 4.25. The normalized spacial score (nSPS) is 9.58. The number of carbonyl (C=O) groups is 2. The van der Waals surface area contributed by atoms with Gasteiger partial charge in [-0.3, -0.25) is 0 Å². The summed E-state index contributed by atoms with van der Waals surface area (Å²) in [5.41, 5.74) is -0.350. The minimum atomic E-state index is -1.23. The predicted octanol–water partition coefficient (Wildman–Crippen LogP) is 3.65. The predicted molar refractivity (Wildman–Crippen MR) is 73.8 cm³/mol. The Morgan fingerprint density at radius 2 is 1.53 bits per heavy atom. The third-order valence-electron chi connectivity index (χ3n) is 2.37. The van der Waals surface area contributed by atoms with Gasteiger partial charge in [0.05, 0.1) is 11.1 Å². The zero-order valence-corrected chi connectivity index (χ0v) is 10.9. The van der Waals surface area contributed by atoms with Crippen molar-refractivity contribution in [3.63, 3.8) is 0 Å². The van der Waals surface area contributed by atoms with Crippen LogP contribution >= 0.6 is 0 Å². The van der Waals surface area contributed by atoms with Crippen molar-refractivity contribution in [3.8, 4) is 0 Å². The summed E-state index contributed by atoms with van der Waals surface area (Å²) in [6, 6.07) is 9.72. The number of hydrogen-bond acceptors (Lipinski definition) is 2. The van der Waals surface area contributed by atoms with Crippen LogP contribution in [0.2, 0.25) is 0 Å². The number of fused-ring (bicyclic) bond motifs is 1. The number of carboxylic acids is 2. The molecule has 2 N–H and O–H groups in total. The molecule has 19 heavy (non-hydrogen) atoms. The molecule has 0 saturated heterocycles. The van der Waals surface area contributed by atoms with Gasteiger partial charge in [0.2, 0.25) is 0 Å². The van der Waals surface area contributed by atoms with Crippen molar-refractivity contribution in [3.05, 3.63) is 47.5 Å². The molecule has 0 aliphatic heterocycles. The SMILES string of the molecule is CCC.O=C(O)c1ccc2ccccc2c1C(=O)O. The molecule has 0 aromatic heterocycles. The van der Waals surface area contributed by atoms with E-state index >= 15 is 0 Å². The summed E-state index contributed by atoms with van der Waals surface area (Å²) in [6.07, 6.45) is 1.25. The highest BCUT2D eigenvalue weighted by Gasteiger charge is 2.18. The first-order valence-electron chi connectivity index (χ1n) is 6.01. The fourth-order valence-corrected chi connectivity index (χ4v) is 1.68. The second-order valence-corrected chi connectivity index (χ2v) is 4.03. The molecule has 0 unspecified atom stereocenters. The monoisotopic (exact) mass is 260 g/mol. The molecule has 2 aromatic rings. The highest BCUT2D eigenvalue weighted by atomic mass is 16.4. The molecular formula is C15H16O4. The van der Waals surface area contributed by atoms with E-state index in [4.69, 9.17) is 10.2 Å². The van der Waals surface area contributed by atoms with Crippen molar-refractivity contribution in [2.75, 3.05) is 0 Å². The van der Waals surface area contributed by atoms with Gasteiger partial charge in [-0.25, -0.2) is 9.59 Å². The van der Waals surface area contributed by atoms with Gasteiger partial charge in [-0.2, -0.15) is 0 Å². The lowest BCUT2D eigenvalue weighted by Crippen LogP contribution is -2.08. The maximum Gasteiger partial charge on any atom is 0.337 e. The van der Waals surface area contributed by atoms with Crippen molar-refractivity contribution >= 4 is 22.7 Å². The molecule has 0 aliphatic carbocycles. The molecule has 2 aromatic carbocycles. The lowest BCUT2D eigenvalue weighted by molar-refractivity contribution is 0.0653. The molecule has 0 saturated carbocycles. The lowest BCUT2D eigenvalue weighted by atomic mass is 9.99. The number of aromatic carboxylic acids is 2. The van der Waals surface area contributed by atoms with Crippen molar-refractivity contribution in [2.24, 2.45) is 0 Å². The van der Waals surface area contributed by atoms with Crippen LogP contribution < -0.4 is 0 Å². The average molecular weight is 260 g/mol. The van der Waals surface area contributed by atoms with Gasteiger partial charge >= 0.3 is 11.9 Å². The van der Waals surface area contributed by atoms with Crippen molar-refractivity contribution < 1.29 is 19.8 Å². The van der Waals surface area contributed by atoms with Gasteiger partial charge in [0.1, 0.15) is 0 Å². The van der Waals surface area contributed by atoms with E-state index in [0.717, 1.165) is 0 Å². The van der Waals surface area contributed by atoms with Crippen molar-refractivity contribution in [1.82, 2.24) is 0 Å². The minimum Gasteiger partial charge on any atom is -0.478 e. The molecule has 0 spiro atoms. The molecule has 4 heteroatoms. The number of hydrogen-bond donors (Lipinski definition) is 2. The van der Waals surface area contributed by atoms with E-state index in [2.05, 4.69) is 13.8 Å². The van der Waals surface area contributed by atoms with Crippen LogP contribution in [0.1, 0.15) is 41.0 Å². The molecular weight excluding hydrogens is 244 g/mol. The van der Waals surface area contributed by atoms with Crippen LogP contribution in [0.3, 0.4) is 0 Å². The Kier molecular flexibility index (Phi) is 5.06. The van der Waals surface area contributed by atoms with Gasteiger partial charge in [-0.15, -0.1) is 0 Å². The molecule has 2 rings (SSSR count). The Bertz CT molecular complexity index is 602. The summed E-state index contributed by atoms with van der Waals surface area (Å²) in [7, 11) is 0. The van der Waals surface area contributed by atoms with E-state index in [-0.39, 0.29) is 11.1 Å². The molecule has 0 fully saturated rings. The van der Waals surface area contributed by atoms with Gasteiger partial charge in [0.15, 0.2) is 0 Å². The molecule has 0 amide bonds. The highest BCUT2D eigenvalue weighted by Crippen LogP contribution is 2.22. The van der Waals surface area contributed by atoms with Crippen LogP contribution in [-0.2, 0) is 0 Å². The second-order valence-electron chi connectivity index (χ2n) is 4.03. The van der Waals surface area contributed by atoms with Gasteiger partial charge in [-0.05, 0) is 16.8 Å². The third-order valence-corrected chi connectivity index (χ3v) is 2.37. The topological polar surface area (TPSA) is 74.6 Å². The maximum atomic E-state index is 11.1. The van der Waals surface area contributed by atoms with Crippen LogP contribution in [0, 0.1) is 0 Å². The van der Waals surface area contributed by atoms with E-state index in [0.29, 0.717) is 10.8 Å². The third kappa shape index (κ3) is 3.31. The molecule has 0 atom stereocenters. The maximum absolute atomic E-state index is 11.1. The summed E-state index contributed by atoms with van der Waals surface area (Å²) in [5, 5.41) is 19.1. The fourth-order valence-electron chi connectivity index (χ4n) is 1.68. The smallest absolute Gasteiger partial charge is 0.337 e. The Hall–Kier alpha value is -2.36. The quantitative estimate of drug-likeness (QED) is 0.864. The van der Waals surface area contributed by atoms with Gasteiger partial charge in [-0.1, -0.05) is 50.6 Å². The van der Waals surface area contributed by atoms with Gasteiger partial charge < -0.3 is 10.2 Å². The van der Waals surface area contributed by atoms with Gasteiger partial charge in [0, 0.05) is 0 Å². The first-order valence-corrected chi connectivity index (χ1v) is 6.01. The van der Waals surface area contributed by atoms with Crippen LogP contribution in [0.5, 0.6) is 0 Å². The zero-order chi connectivity index (χ0) is 14.4. The van der Waals surface area contributed by atoms with Crippen LogP contribution in [0.15, 0.2) is 36.4 Å². The molecule has 0 radical (unpaired) electrons. The van der Waals surface area contributed by atoms with E-state index in [9.17, 15) is 9.59 Å². The van der Waals surface area contributed by atoms with Crippen molar-refractivity contribution in [2.45, 2.75) is 20.3 Å². The number of rotatable bonds is 2. The second kappa shape index (κ2) is 6.54. The molecule has 0 bridgehead atoms. The van der Waals surface area contributed by atoms with Gasteiger partial charge in [0.25, 0.3) is 0 Å². The Morgan fingerprint density at radius 1 is 0.947 bits per heavy atom. The molecule has 0 heterocycles. The Labute approximate surface area is 111 Å². The average Bonchev–Trinajstić information content (AvgIpc) is 2.37. The number of carboxylic acid groups (broad SMARTS) is 2. The summed E-state index contributed by atoms with van der Waals surface area (Å²) < 4.78 is 0. The highest BCUT2D eigenvalue weighted by molar-refractivity contribution is 6.11. The standard InChI is InChI=1S/C12H8O4.C3H8/c13-11(14)9-6-5-7-3-1-2-4-8(7)10(9)12(15)16;1-3-2/h1-6H,(H,13,14)(H,15,16);3H2,1-2H3. The van der Waals surface area contributed by atoms with Crippen LogP contribution in [0.25, 0.3) is 10.8 Å². The molecule has 100 valence electrons. The van der Waals surface area contributed by atoms with E-state index in [1.807, 2.05) is 0 Å². The molecule has 0 aliphatic rings. The van der Waals surface area contributed by atoms with Crippen LogP contribution in [-0.4, -0.2) is 22.2 Å². The fraction of sp³-hybridized carbons (Fsp3) is 0.200. The van der Waals surface area contributed by atoms with E-state index in [1.165, 1.54) is 12.5 Å². The van der Waals surface area contributed by atoms with Crippen LogP contribution in [0.4, 0.5) is 0 Å². The zero-order valence-electron chi connectivity index (χ0n) is 10.9. The lowest BCUT2D eigenvalue weighted by Gasteiger charge is -2.05. The summed E-state index contributed by atoms with van der Waals surface area (Å²) in [5.74, 6) is -2.46. The van der Waals surface area contributed by atoms with Crippen molar-refractivity contribution in [1.29, 1.82) is 0 Å². The number of benzene rings is 2. The van der Waals surface area contributed by atoms with E-state index < -0.39 is 11.9 Å². The first-order chi connectivity index (χ1) is 9.02. The summed E-state index contributed by atoms with van der Waals surface area (Å²) in [4.78, 5) is 22.0. The molecule has 4 nitrogen and oxygen atoms in total. The van der Waals surface area contributed by atoms with E-state index in [1.54, 1.807) is 30.3 Å². The Morgan fingerprint density at radius 3 is 2.05 bits per heavy atom. The minimum absolute atomic E-state index is 0.161. The first kappa shape index (κ1) is 14.7.